The molecule has 2 heterocycles. The normalized spacial score (nSPS) is 17.0. The van der Waals surface area contributed by atoms with E-state index in [1.165, 1.54) is 12.8 Å². The second-order valence-electron chi connectivity index (χ2n) is 4.15. The van der Waals surface area contributed by atoms with Crippen LogP contribution in [0.15, 0.2) is 10.6 Å². The Kier molecular flexibility index (Phi) is 2.12. The van der Waals surface area contributed by atoms with Crippen LogP contribution >= 0.6 is 0 Å². The SMILES string of the molecule is Nc1cc(-c2nc(C3CCCC3)no2)[nH]n1. The lowest BCUT2D eigenvalue weighted by Gasteiger charge is -1.99. The predicted octanol–water partition coefficient (Wildman–Crippen LogP) is 1.70. The standard InChI is InChI=1S/C10H13N5O/c11-8-5-7(13-14-8)10-12-9(15-16-10)6-3-1-2-4-6/h5-6H,1-4H2,(H3,11,13,14). The van der Waals surface area contributed by atoms with Gasteiger partial charge >= 0.3 is 0 Å². The summed E-state index contributed by atoms with van der Waals surface area (Å²) in [6.07, 6.45) is 4.82. The monoisotopic (exact) mass is 219 g/mol. The van der Waals surface area contributed by atoms with Gasteiger partial charge in [0, 0.05) is 12.0 Å². The van der Waals surface area contributed by atoms with Gasteiger partial charge in [0.1, 0.15) is 11.5 Å². The first-order valence-corrected chi connectivity index (χ1v) is 5.48. The van der Waals surface area contributed by atoms with Gasteiger partial charge in [0.25, 0.3) is 5.89 Å². The van der Waals surface area contributed by atoms with Crippen LogP contribution in [0.25, 0.3) is 11.6 Å². The van der Waals surface area contributed by atoms with Crippen LogP contribution in [0.4, 0.5) is 5.82 Å². The fraction of sp³-hybridized carbons (Fsp3) is 0.500. The molecule has 84 valence electrons. The van der Waals surface area contributed by atoms with Crippen LogP contribution in [0.1, 0.15) is 37.4 Å². The molecule has 16 heavy (non-hydrogen) atoms. The number of nitrogens with two attached hydrogens (primary N) is 1. The predicted molar refractivity (Wildman–Crippen MR) is 57.5 cm³/mol. The van der Waals surface area contributed by atoms with Gasteiger partial charge in [0.15, 0.2) is 5.82 Å². The first-order valence-electron chi connectivity index (χ1n) is 5.48. The van der Waals surface area contributed by atoms with Crippen molar-refractivity contribution in [2.75, 3.05) is 5.73 Å². The molecule has 0 spiro atoms. The zero-order valence-electron chi connectivity index (χ0n) is 8.81. The van der Waals surface area contributed by atoms with Gasteiger partial charge in [0.05, 0.1) is 0 Å². The number of aromatic nitrogens is 4. The van der Waals surface area contributed by atoms with E-state index in [-0.39, 0.29) is 0 Å². The lowest BCUT2D eigenvalue weighted by molar-refractivity contribution is 0.414. The van der Waals surface area contributed by atoms with E-state index in [4.69, 9.17) is 10.3 Å². The number of nitrogens with one attached hydrogen (secondary N) is 1. The highest BCUT2D eigenvalue weighted by Gasteiger charge is 2.23. The fourth-order valence-corrected chi connectivity index (χ4v) is 2.14. The van der Waals surface area contributed by atoms with Crippen molar-refractivity contribution in [1.29, 1.82) is 0 Å². The second kappa shape index (κ2) is 3.62. The quantitative estimate of drug-likeness (QED) is 0.801. The Labute approximate surface area is 92.2 Å². The number of nitrogens with zero attached hydrogens (tertiary/aromatic N) is 3. The van der Waals surface area contributed by atoms with Crippen LogP contribution in [0, 0.1) is 0 Å². The fourth-order valence-electron chi connectivity index (χ4n) is 2.14. The number of hydrogen-bond donors (Lipinski definition) is 2. The van der Waals surface area contributed by atoms with Crippen LogP contribution < -0.4 is 5.73 Å². The Morgan fingerprint density at radius 3 is 2.88 bits per heavy atom. The van der Waals surface area contributed by atoms with Crippen LogP contribution in [0.3, 0.4) is 0 Å². The first-order chi connectivity index (χ1) is 7.83. The van der Waals surface area contributed by atoms with Crippen molar-refractivity contribution in [3.63, 3.8) is 0 Å². The van der Waals surface area contributed by atoms with E-state index in [0.29, 0.717) is 23.3 Å². The van der Waals surface area contributed by atoms with E-state index >= 15 is 0 Å². The molecule has 0 atom stereocenters. The van der Waals surface area contributed by atoms with Crippen molar-refractivity contribution in [1.82, 2.24) is 20.3 Å². The van der Waals surface area contributed by atoms with Crippen molar-refractivity contribution < 1.29 is 4.52 Å². The van der Waals surface area contributed by atoms with Gasteiger partial charge in [-0.15, -0.1) is 0 Å². The maximum Gasteiger partial charge on any atom is 0.276 e. The van der Waals surface area contributed by atoms with E-state index in [0.717, 1.165) is 18.7 Å². The summed E-state index contributed by atoms with van der Waals surface area (Å²) in [4.78, 5) is 4.37. The third-order valence-corrected chi connectivity index (χ3v) is 2.99. The van der Waals surface area contributed by atoms with Crippen molar-refractivity contribution in [3.8, 4) is 11.6 Å². The zero-order valence-corrected chi connectivity index (χ0v) is 8.81. The maximum atomic E-state index is 5.51. The molecule has 3 N–H and O–H groups in total. The minimum atomic E-state index is 0.426. The van der Waals surface area contributed by atoms with Gasteiger partial charge in [0.2, 0.25) is 0 Å². The van der Waals surface area contributed by atoms with Crippen molar-refractivity contribution >= 4 is 5.82 Å². The summed E-state index contributed by atoms with van der Waals surface area (Å²) in [5.41, 5.74) is 6.19. The van der Waals surface area contributed by atoms with Crippen LogP contribution in [-0.2, 0) is 0 Å². The molecular weight excluding hydrogens is 206 g/mol. The van der Waals surface area contributed by atoms with Crippen molar-refractivity contribution in [2.45, 2.75) is 31.6 Å². The molecule has 0 aliphatic heterocycles. The number of aromatic amines is 1. The van der Waals surface area contributed by atoms with Gasteiger partial charge in [-0.25, -0.2) is 0 Å². The summed E-state index contributed by atoms with van der Waals surface area (Å²) < 4.78 is 5.19. The average Bonchev–Trinajstić information content (AvgIpc) is 2.97. The average molecular weight is 219 g/mol. The van der Waals surface area contributed by atoms with Crippen molar-refractivity contribution in [2.24, 2.45) is 0 Å². The van der Waals surface area contributed by atoms with E-state index < -0.39 is 0 Å². The maximum absolute atomic E-state index is 5.51. The second-order valence-corrected chi connectivity index (χ2v) is 4.15. The molecule has 0 aromatic carbocycles. The van der Waals surface area contributed by atoms with Gasteiger partial charge in [-0.3, -0.25) is 5.10 Å². The van der Waals surface area contributed by atoms with E-state index in [2.05, 4.69) is 20.3 Å². The summed E-state index contributed by atoms with van der Waals surface area (Å²) >= 11 is 0. The molecule has 0 amide bonds. The third-order valence-electron chi connectivity index (χ3n) is 2.99. The van der Waals surface area contributed by atoms with Crippen LogP contribution in [0.2, 0.25) is 0 Å². The Bertz CT molecular complexity index is 483. The zero-order chi connectivity index (χ0) is 11.0. The summed E-state index contributed by atoms with van der Waals surface area (Å²) in [6.45, 7) is 0. The molecule has 6 nitrogen and oxygen atoms in total. The number of anilines is 1. The molecule has 0 unspecified atom stereocenters. The molecule has 2 aromatic rings. The highest BCUT2D eigenvalue weighted by molar-refractivity contribution is 5.51. The van der Waals surface area contributed by atoms with Gasteiger partial charge < -0.3 is 10.3 Å². The van der Waals surface area contributed by atoms with Gasteiger partial charge in [-0.2, -0.15) is 10.1 Å². The summed E-state index contributed by atoms with van der Waals surface area (Å²) in [6, 6.07) is 1.69. The highest BCUT2D eigenvalue weighted by Crippen LogP contribution is 2.33. The number of rotatable bonds is 2. The van der Waals surface area contributed by atoms with Crippen LogP contribution in [0.5, 0.6) is 0 Å². The Hall–Kier alpha value is -1.85. The molecule has 1 fully saturated rings. The summed E-state index contributed by atoms with van der Waals surface area (Å²) in [7, 11) is 0. The number of nitrogen functional groups attached to an aromatic ring is 1. The van der Waals surface area contributed by atoms with E-state index in [9.17, 15) is 0 Å². The minimum Gasteiger partial charge on any atom is -0.382 e. The summed E-state index contributed by atoms with van der Waals surface area (Å²) in [5.74, 6) is 2.15. The molecule has 6 heteroatoms. The molecular formula is C10H13N5O. The molecule has 1 aliphatic carbocycles. The molecule has 0 saturated heterocycles. The first kappa shape index (κ1) is 9.38. The largest absolute Gasteiger partial charge is 0.382 e. The Morgan fingerprint density at radius 2 is 2.19 bits per heavy atom. The number of H-pyrrole nitrogens is 1. The topological polar surface area (TPSA) is 93.6 Å². The number of hydrogen-bond acceptors (Lipinski definition) is 5. The lowest BCUT2D eigenvalue weighted by Crippen LogP contribution is -1.94. The highest BCUT2D eigenvalue weighted by atomic mass is 16.5. The molecule has 3 rings (SSSR count). The smallest absolute Gasteiger partial charge is 0.276 e. The van der Waals surface area contributed by atoms with E-state index in [1.54, 1.807) is 6.07 Å². The van der Waals surface area contributed by atoms with Crippen molar-refractivity contribution in [3.05, 3.63) is 11.9 Å². The minimum absolute atomic E-state index is 0.426. The lowest BCUT2D eigenvalue weighted by atomic mass is 10.1. The molecule has 0 bridgehead atoms. The third kappa shape index (κ3) is 1.56. The Morgan fingerprint density at radius 1 is 1.38 bits per heavy atom. The summed E-state index contributed by atoms with van der Waals surface area (Å²) in [5, 5.41) is 10.6. The molecule has 2 aromatic heterocycles. The Balaban J connectivity index is 1.87. The molecule has 1 aliphatic rings. The van der Waals surface area contributed by atoms with E-state index in [1.807, 2.05) is 0 Å². The van der Waals surface area contributed by atoms with Gasteiger partial charge in [-0.05, 0) is 12.8 Å². The van der Waals surface area contributed by atoms with Gasteiger partial charge in [-0.1, -0.05) is 18.0 Å². The van der Waals surface area contributed by atoms with Crippen LogP contribution in [-0.4, -0.2) is 20.3 Å². The molecule has 0 radical (unpaired) electrons. The molecule has 1 saturated carbocycles.